The summed E-state index contributed by atoms with van der Waals surface area (Å²) in [6.07, 6.45) is 9.49. The van der Waals surface area contributed by atoms with E-state index >= 15 is 0 Å². The number of rotatable bonds is 8. The van der Waals surface area contributed by atoms with Crippen LogP contribution in [0.2, 0.25) is 0 Å². The van der Waals surface area contributed by atoms with Crippen LogP contribution in [-0.2, 0) is 0 Å². The van der Waals surface area contributed by atoms with E-state index in [-0.39, 0.29) is 0 Å². The second-order valence-corrected chi connectivity index (χ2v) is 5.78. The number of hydrogen-bond donors (Lipinski definition) is 0. The summed E-state index contributed by atoms with van der Waals surface area (Å²) in [5.74, 6) is 0.914. The van der Waals surface area contributed by atoms with Gasteiger partial charge in [0.1, 0.15) is 0 Å². The molecule has 86 valence electrons. The van der Waals surface area contributed by atoms with Crippen LogP contribution in [0.4, 0.5) is 0 Å². The summed E-state index contributed by atoms with van der Waals surface area (Å²) < 4.78 is 0. The Hall–Kier alpha value is 0.430. The zero-order valence-corrected chi connectivity index (χ0v) is 11.8. The van der Waals surface area contributed by atoms with Crippen molar-refractivity contribution >= 4 is 9.24 Å². The molecule has 2 unspecified atom stereocenters. The predicted octanol–water partition coefficient (Wildman–Crippen LogP) is 5.03. The minimum Gasteiger partial charge on any atom is -0.131 e. The quantitative estimate of drug-likeness (QED) is 0.499. The fourth-order valence-electron chi connectivity index (χ4n) is 2.71. The van der Waals surface area contributed by atoms with Crippen LogP contribution < -0.4 is 0 Å². The van der Waals surface area contributed by atoms with Gasteiger partial charge in [-0.2, -0.15) is 0 Å². The van der Waals surface area contributed by atoms with E-state index < -0.39 is 0 Å². The summed E-state index contributed by atoms with van der Waals surface area (Å²) >= 11 is 0. The van der Waals surface area contributed by atoms with Crippen molar-refractivity contribution in [1.29, 1.82) is 0 Å². The third-order valence-corrected chi connectivity index (χ3v) is 4.42. The molecule has 0 N–H and O–H groups in total. The van der Waals surface area contributed by atoms with E-state index in [1.807, 2.05) is 0 Å². The van der Waals surface area contributed by atoms with Crippen molar-refractivity contribution in [2.75, 3.05) is 0 Å². The smallest absolute Gasteiger partial charge is 0.0122 e. The van der Waals surface area contributed by atoms with Crippen molar-refractivity contribution in [3.05, 3.63) is 0 Å². The fraction of sp³-hybridized carbons (Fsp3) is 1.00. The van der Waals surface area contributed by atoms with Crippen molar-refractivity contribution in [2.45, 2.75) is 77.8 Å². The molecule has 0 aliphatic carbocycles. The normalized spacial score (nSPS) is 14.4. The summed E-state index contributed by atoms with van der Waals surface area (Å²) in [4.78, 5) is 0. The Labute approximate surface area is 93.4 Å². The molecule has 0 aliphatic rings. The first-order chi connectivity index (χ1) is 6.64. The molecule has 0 rings (SSSR count). The first kappa shape index (κ1) is 14.4. The molecule has 2 atom stereocenters. The average molecular weight is 216 g/mol. The molecule has 0 radical (unpaired) electrons. The molecule has 0 heterocycles. The van der Waals surface area contributed by atoms with Crippen LogP contribution in [0.1, 0.15) is 72.6 Å². The van der Waals surface area contributed by atoms with Crippen molar-refractivity contribution in [3.8, 4) is 0 Å². The molecule has 1 heteroatoms. The lowest BCUT2D eigenvalue weighted by Crippen LogP contribution is -2.30. The summed E-state index contributed by atoms with van der Waals surface area (Å²) in [7, 11) is 3.19. The largest absolute Gasteiger partial charge is 0.131 e. The first-order valence-corrected chi connectivity index (χ1v) is 7.01. The van der Waals surface area contributed by atoms with Crippen LogP contribution in [0.15, 0.2) is 0 Å². The molecule has 0 fully saturated rings. The molecule has 0 saturated carbocycles. The second-order valence-electron chi connectivity index (χ2n) is 4.63. The highest BCUT2D eigenvalue weighted by molar-refractivity contribution is 7.19. The standard InChI is InChI=1S/C13H29P/c1-5-9-12(8-4)13(14,10-6-2)11-7-3/h12H,5-11,14H2,1-4H3. The Morgan fingerprint density at radius 1 is 0.929 bits per heavy atom. The van der Waals surface area contributed by atoms with E-state index in [1.165, 1.54) is 44.9 Å². The van der Waals surface area contributed by atoms with Gasteiger partial charge in [0.2, 0.25) is 0 Å². The highest BCUT2D eigenvalue weighted by Gasteiger charge is 2.30. The van der Waals surface area contributed by atoms with Crippen molar-refractivity contribution < 1.29 is 0 Å². The van der Waals surface area contributed by atoms with Gasteiger partial charge in [0.25, 0.3) is 0 Å². The summed E-state index contributed by atoms with van der Waals surface area (Å²) in [6, 6.07) is 0. The predicted molar refractivity (Wildman–Crippen MR) is 70.9 cm³/mol. The second kappa shape index (κ2) is 7.69. The number of hydrogen-bond acceptors (Lipinski definition) is 0. The van der Waals surface area contributed by atoms with Gasteiger partial charge in [-0.15, -0.1) is 9.24 Å². The van der Waals surface area contributed by atoms with Gasteiger partial charge in [-0.05, 0) is 30.3 Å². The first-order valence-electron chi connectivity index (χ1n) is 6.43. The van der Waals surface area contributed by atoms with Crippen molar-refractivity contribution in [2.24, 2.45) is 5.92 Å². The van der Waals surface area contributed by atoms with Gasteiger partial charge >= 0.3 is 0 Å². The molecule has 0 amide bonds. The third kappa shape index (κ3) is 4.30. The Morgan fingerprint density at radius 2 is 1.43 bits per heavy atom. The monoisotopic (exact) mass is 216 g/mol. The Balaban J connectivity index is 4.39. The fourth-order valence-corrected chi connectivity index (χ4v) is 3.69. The summed E-state index contributed by atoms with van der Waals surface area (Å²) in [6.45, 7) is 9.29. The van der Waals surface area contributed by atoms with Gasteiger partial charge in [0.05, 0.1) is 0 Å². The Bertz CT molecular complexity index is 125. The Morgan fingerprint density at radius 3 is 1.71 bits per heavy atom. The highest BCUT2D eigenvalue weighted by Crippen LogP contribution is 2.41. The van der Waals surface area contributed by atoms with Crippen molar-refractivity contribution in [1.82, 2.24) is 0 Å². The zero-order chi connectivity index (χ0) is 11.0. The van der Waals surface area contributed by atoms with Crippen LogP contribution in [0.5, 0.6) is 0 Å². The molecular formula is C13H29P. The lowest BCUT2D eigenvalue weighted by molar-refractivity contribution is 0.301. The maximum Gasteiger partial charge on any atom is -0.0122 e. The van der Waals surface area contributed by atoms with Crippen molar-refractivity contribution in [3.63, 3.8) is 0 Å². The molecule has 0 aromatic heterocycles. The maximum absolute atomic E-state index is 3.19. The topological polar surface area (TPSA) is 0 Å². The van der Waals surface area contributed by atoms with Gasteiger partial charge in [-0.3, -0.25) is 0 Å². The van der Waals surface area contributed by atoms with Crippen LogP contribution in [-0.4, -0.2) is 5.16 Å². The van der Waals surface area contributed by atoms with E-state index in [1.54, 1.807) is 0 Å². The van der Waals surface area contributed by atoms with E-state index in [4.69, 9.17) is 0 Å². The third-order valence-electron chi connectivity index (χ3n) is 3.37. The van der Waals surface area contributed by atoms with E-state index in [2.05, 4.69) is 36.9 Å². The van der Waals surface area contributed by atoms with E-state index in [9.17, 15) is 0 Å². The molecule has 0 bridgehead atoms. The molecule has 0 spiro atoms. The molecule has 0 aromatic rings. The van der Waals surface area contributed by atoms with Crippen LogP contribution in [0, 0.1) is 5.92 Å². The minimum atomic E-state index is 0.536. The lowest BCUT2D eigenvalue weighted by atomic mass is 9.80. The van der Waals surface area contributed by atoms with E-state index in [0.717, 1.165) is 5.92 Å². The Kier molecular flexibility index (Phi) is 7.92. The maximum atomic E-state index is 3.19. The molecule has 0 saturated heterocycles. The lowest BCUT2D eigenvalue weighted by Gasteiger charge is -2.37. The summed E-state index contributed by atoms with van der Waals surface area (Å²) in [5, 5.41) is 0.536. The van der Waals surface area contributed by atoms with Gasteiger partial charge in [-0.25, -0.2) is 0 Å². The van der Waals surface area contributed by atoms with Gasteiger partial charge in [0.15, 0.2) is 0 Å². The average Bonchev–Trinajstić information content (AvgIpc) is 2.14. The molecule has 0 aliphatic heterocycles. The highest BCUT2D eigenvalue weighted by atomic mass is 31.0. The van der Waals surface area contributed by atoms with Gasteiger partial charge in [0, 0.05) is 0 Å². The molecule has 14 heavy (non-hydrogen) atoms. The van der Waals surface area contributed by atoms with Gasteiger partial charge in [-0.1, -0.05) is 53.4 Å². The minimum absolute atomic E-state index is 0.536. The SMILES string of the molecule is CCCC(CC)C(P)(CCC)CCC. The summed E-state index contributed by atoms with van der Waals surface area (Å²) in [5.41, 5.74) is 0. The zero-order valence-electron chi connectivity index (χ0n) is 10.6. The molecular weight excluding hydrogens is 187 g/mol. The van der Waals surface area contributed by atoms with Crippen LogP contribution in [0.25, 0.3) is 0 Å². The van der Waals surface area contributed by atoms with Crippen LogP contribution >= 0.6 is 9.24 Å². The van der Waals surface area contributed by atoms with Gasteiger partial charge < -0.3 is 0 Å². The van der Waals surface area contributed by atoms with Crippen LogP contribution in [0.3, 0.4) is 0 Å². The van der Waals surface area contributed by atoms with E-state index in [0.29, 0.717) is 5.16 Å². The molecule has 0 nitrogen and oxygen atoms in total. The molecule has 0 aromatic carbocycles.